The quantitative estimate of drug-likeness (QED) is 0.799. The van der Waals surface area contributed by atoms with E-state index in [-0.39, 0.29) is 11.8 Å². The number of aryl methyl sites for hydroxylation is 1. The molecule has 1 heterocycles. The predicted octanol–water partition coefficient (Wildman–Crippen LogP) is 2.76. The van der Waals surface area contributed by atoms with Gasteiger partial charge in [0.05, 0.1) is 6.54 Å². The van der Waals surface area contributed by atoms with Crippen molar-refractivity contribution in [2.45, 2.75) is 20.4 Å². The van der Waals surface area contributed by atoms with Crippen molar-refractivity contribution in [3.63, 3.8) is 0 Å². The number of hydrogen-bond acceptors (Lipinski definition) is 4. The zero-order valence-corrected chi connectivity index (χ0v) is 18.4. The van der Waals surface area contributed by atoms with Crippen molar-refractivity contribution < 1.29 is 9.59 Å². The van der Waals surface area contributed by atoms with Crippen molar-refractivity contribution >= 4 is 17.5 Å². The Balaban J connectivity index is 1.48. The van der Waals surface area contributed by atoms with Crippen molar-refractivity contribution in [3.05, 3.63) is 64.7 Å². The number of anilines is 1. The molecule has 0 aliphatic carbocycles. The van der Waals surface area contributed by atoms with Gasteiger partial charge in [-0.05, 0) is 48.7 Å². The summed E-state index contributed by atoms with van der Waals surface area (Å²) in [6.45, 7) is 8.84. The van der Waals surface area contributed by atoms with E-state index in [1.807, 2.05) is 37.3 Å². The van der Waals surface area contributed by atoms with Crippen LogP contribution in [0.4, 0.5) is 5.69 Å². The lowest BCUT2D eigenvalue weighted by Gasteiger charge is -2.34. The number of benzene rings is 2. The number of carbonyl (C=O) groups is 2. The van der Waals surface area contributed by atoms with Crippen molar-refractivity contribution in [2.75, 3.05) is 52.1 Å². The number of carbonyl (C=O) groups excluding carboxylic acids is 2. The number of rotatable bonds is 6. The number of hydrogen-bond donors (Lipinski definition) is 1. The van der Waals surface area contributed by atoms with Crippen LogP contribution in [-0.4, -0.2) is 73.3 Å². The number of nitrogens with one attached hydrogen (secondary N) is 1. The van der Waals surface area contributed by atoms with Gasteiger partial charge in [0.15, 0.2) is 0 Å². The van der Waals surface area contributed by atoms with Gasteiger partial charge in [-0.1, -0.05) is 24.3 Å². The Hall–Kier alpha value is -2.70. The van der Waals surface area contributed by atoms with E-state index >= 15 is 0 Å². The molecule has 0 unspecified atom stereocenters. The first-order chi connectivity index (χ1) is 14.3. The van der Waals surface area contributed by atoms with Crippen molar-refractivity contribution in [3.8, 4) is 0 Å². The van der Waals surface area contributed by atoms with E-state index in [1.165, 1.54) is 5.56 Å². The van der Waals surface area contributed by atoms with Crippen LogP contribution in [0.3, 0.4) is 0 Å². The molecular formula is C24H32N4O2. The highest BCUT2D eigenvalue weighted by atomic mass is 16.2. The molecule has 0 radical (unpaired) electrons. The van der Waals surface area contributed by atoms with Crippen LogP contribution >= 0.6 is 0 Å². The minimum atomic E-state index is 0.0246. The standard InChI is InChI=1S/C24H32N4O2/c1-18-7-5-10-22(19(18)2)25-23(29)17-28-13-11-27(12-14-28)16-20-8-6-9-21(15-20)24(30)26(3)4/h5-10,15H,11-14,16-17H2,1-4H3,(H,25,29). The average molecular weight is 409 g/mol. The SMILES string of the molecule is Cc1cccc(NC(=O)CN2CCN(Cc3cccc(C(=O)N(C)C)c3)CC2)c1C. The molecule has 0 aromatic heterocycles. The molecule has 6 nitrogen and oxygen atoms in total. The summed E-state index contributed by atoms with van der Waals surface area (Å²) in [5.41, 5.74) is 5.05. The highest BCUT2D eigenvalue weighted by Crippen LogP contribution is 2.18. The monoisotopic (exact) mass is 408 g/mol. The Labute approximate surface area is 179 Å². The molecule has 2 amide bonds. The molecule has 30 heavy (non-hydrogen) atoms. The van der Waals surface area contributed by atoms with Gasteiger partial charge in [0.25, 0.3) is 5.91 Å². The lowest BCUT2D eigenvalue weighted by molar-refractivity contribution is -0.117. The van der Waals surface area contributed by atoms with Gasteiger partial charge in [0, 0.05) is 58.1 Å². The highest BCUT2D eigenvalue weighted by molar-refractivity contribution is 5.94. The van der Waals surface area contributed by atoms with E-state index < -0.39 is 0 Å². The molecule has 1 aliphatic heterocycles. The third-order valence-corrected chi connectivity index (χ3v) is 5.70. The normalized spacial score (nSPS) is 15.1. The van der Waals surface area contributed by atoms with Gasteiger partial charge in [-0.25, -0.2) is 0 Å². The van der Waals surface area contributed by atoms with E-state index in [0.29, 0.717) is 6.54 Å². The lowest BCUT2D eigenvalue weighted by atomic mass is 10.1. The van der Waals surface area contributed by atoms with Crippen LogP contribution in [0.1, 0.15) is 27.0 Å². The fourth-order valence-corrected chi connectivity index (χ4v) is 3.70. The maximum atomic E-state index is 12.5. The van der Waals surface area contributed by atoms with Crippen LogP contribution in [0.5, 0.6) is 0 Å². The van der Waals surface area contributed by atoms with Gasteiger partial charge < -0.3 is 10.2 Å². The second-order valence-electron chi connectivity index (χ2n) is 8.25. The van der Waals surface area contributed by atoms with Crippen molar-refractivity contribution in [1.29, 1.82) is 0 Å². The third-order valence-electron chi connectivity index (χ3n) is 5.70. The molecular weight excluding hydrogens is 376 g/mol. The van der Waals surface area contributed by atoms with Crippen LogP contribution in [-0.2, 0) is 11.3 Å². The van der Waals surface area contributed by atoms with E-state index in [1.54, 1.807) is 19.0 Å². The summed E-state index contributed by atoms with van der Waals surface area (Å²) in [5, 5.41) is 3.05. The van der Waals surface area contributed by atoms with Crippen molar-refractivity contribution in [2.24, 2.45) is 0 Å². The first-order valence-corrected chi connectivity index (χ1v) is 10.4. The average Bonchev–Trinajstić information content (AvgIpc) is 2.72. The highest BCUT2D eigenvalue weighted by Gasteiger charge is 2.20. The van der Waals surface area contributed by atoms with Crippen LogP contribution in [0.25, 0.3) is 0 Å². The molecule has 2 aromatic rings. The summed E-state index contributed by atoms with van der Waals surface area (Å²) in [5.74, 6) is 0.0589. The van der Waals surface area contributed by atoms with E-state index in [0.717, 1.165) is 55.1 Å². The fraction of sp³-hybridized carbons (Fsp3) is 0.417. The van der Waals surface area contributed by atoms with E-state index in [4.69, 9.17) is 0 Å². The van der Waals surface area contributed by atoms with Gasteiger partial charge in [-0.3, -0.25) is 19.4 Å². The molecule has 1 saturated heterocycles. The number of nitrogens with zero attached hydrogens (tertiary/aromatic N) is 3. The second-order valence-corrected chi connectivity index (χ2v) is 8.25. The van der Waals surface area contributed by atoms with Crippen molar-refractivity contribution in [1.82, 2.24) is 14.7 Å². The molecule has 0 spiro atoms. The maximum Gasteiger partial charge on any atom is 0.253 e. The molecule has 1 aliphatic rings. The molecule has 0 saturated carbocycles. The zero-order valence-electron chi connectivity index (χ0n) is 18.4. The van der Waals surface area contributed by atoms with Gasteiger partial charge in [-0.15, -0.1) is 0 Å². The molecule has 2 aromatic carbocycles. The van der Waals surface area contributed by atoms with Gasteiger partial charge >= 0.3 is 0 Å². The number of amides is 2. The Morgan fingerprint density at radius 3 is 2.33 bits per heavy atom. The molecule has 1 fully saturated rings. The first kappa shape index (κ1) is 22.0. The summed E-state index contributed by atoms with van der Waals surface area (Å²) in [6, 6.07) is 13.8. The summed E-state index contributed by atoms with van der Waals surface area (Å²) in [7, 11) is 3.54. The van der Waals surface area contributed by atoms with Gasteiger partial charge in [-0.2, -0.15) is 0 Å². The Morgan fingerprint density at radius 2 is 1.63 bits per heavy atom. The summed E-state index contributed by atoms with van der Waals surface area (Å²) < 4.78 is 0. The van der Waals surface area contributed by atoms with Crippen LogP contribution in [0.2, 0.25) is 0 Å². The lowest BCUT2D eigenvalue weighted by Crippen LogP contribution is -2.48. The maximum absolute atomic E-state index is 12.5. The minimum Gasteiger partial charge on any atom is -0.345 e. The first-order valence-electron chi connectivity index (χ1n) is 10.4. The molecule has 0 bridgehead atoms. The predicted molar refractivity (Wildman–Crippen MR) is 121 cm³/mol. The zero-order chi connectivity index (χ0) is 21.7. The van der Waals surface area contributed by atoms with Crippen LogP contribution in [0.15, 0.2) is 42.5 Å². The Kier molecular flexibility index (Phi) is 7.24. The van der Waals surface area contributed by atoms with Crippen LogP contribution < -0.4 is 5.32 Å². The molecule has 160 valence electrons. The van der Waals surface area contributed by atoms with E-state index in [2.05, 4.69) is 34.2 Å². The second kappa shape index (κ2) is 9.87. The minimum absolute atomic E-state index is 0.0246. The molecule has 0 atom stereocenters. The third kappa shape index (κ3) is 5.68. The molecule has 3 rings (SSSR count). The Bertz CT molecular complexity index is 902. The van der Waals surface area contributed by atoms with Gasteiger partial charge in [0.2, 0.25) is 5.91 Å². The van der Waals surface area contributed by atoms with Gasteiger partial charge in [0.1, 0.15) is 0 Å². The van der Waals surface area contributed by atoms with E-state index in [9.17, 15) is 9.59 Å². The fourth-order valence-electron chi connectivity index (χ4n) is 3.70. The topological polar surface area (TPSA) is 55.9 Å². The largest absolute Gasteiger partial charge is 0.345 e. The summed E-state index contributed by atoms with van der Waals surface area (Å²) in [4.78, 5) is 30.8. The smallest absolute Gasteiger partial charge is 0.253 e. The molecule has 1 N–H and O–H groups in total. The van der Waals surface area contributed by atoms with Crippen LogP contribution in [0, 0.1) is 13.8 Å². The summed E-state index contributed by atoms with van der Waals surface area (Å²) >= 11 is 0. The number of piperazine rings is 1. The summed E-state index contributed by atoms with van der Waals surface area (Å²) in [6.07, 6.45) is 0. The molecule has 6 heteroatoms. The Morgan fingerprint density at radius 1 is 0.967 bits per heavy atom.